The van der Waals surface area contributed by atoms with Gasteiger partial charge in [0.15, 0.2) is 0 Å². The summed E-state index contributed by atoms with van der Waals surface area (Å²) < 4.78 is 9.00. The lowest BCUT2D eigenvalue weighted by atomic mass is 10.1. The molecule has 3 aliphatic rings. The van der Waals surface area contributed by atoms with Gasteiger partial charge in [0, 0.05) is 44.0 Å². The molecule has 1 aromatic carbocycles. The van der Waals surface area contributed by atoms with Crippen molar-refractivity contribution in [2.45, 2.75) is 59.5 Å². The van der Waals surface area contributed by atoms with Crippen LogP contribution < -0.4 is 38.8 Å². The minimum Gasteiger partial charge on any atom is -1.00 e. The van der Waals surface area contributed by atoms with Gasteiger partial charge in [0.05, 0.1) is 20.8 Å². The van der Waals surface area contributed by atoms with Gasteiger partial charge >= 0.3 is 6.09 Å². The van der Waals surface area contributed by atoms with E-state index in [9.17, 15) is 4.79 Å². The fourth-order valence-electron chi connectivity index (χ4n) is 4.60. The Kier molecular flexibility index (Phi) is 9.25. The molecule has 4 rings (SSSR count). The fourth-order valence-corrected chi connectivity index (χ4v) is 5.75. The van der Waals surface area contributed by atoms with Crippen molar-refractivity contribution in [3.63, 3.8) is 0 Å². The fraction of sp³-hybridized carbons (Fsp3) is 0.536. The highest BCUT2D eigenvalue weighted by Crippen LogP contribution is 2.36. The monoisotopic (exact) mass is 622 g/mol. The molecule has 1 fully saturated rings. The first kappa shape index (κ1) is 28.6. The Morgan fingerprint density at radius 1 is 1.03 bits per heavy atom. The van der Waals surface area contributed by atoms with Crippen molar-refractivity contribution in [1.82, 2.24) is 14.5 Å². The van der Waals surface area contributed by atoms with Crippen LogP contribution in [0.1, 0.15) is 52.2 Å². The maximum Gasteiger partial charge on any atom is 0.410 e. The van der Waals surface area contributed by atoms with Crippen molar-refractivity contribution in [3.05, 3.63) is 40.7 Å². The number of benzene rings is 2. The Bertz CT molecular complexity index is 1280. The molecule has 1 amide bonds. The van der Waals surface area contributed by atoms with E-state index in [4.69, 9.17) is 9.72 Å². The van der Waals surface area contributed by atoms with Crippen LogP contribution in [0.25, 0.3) is 20.8 Å². The number of anilines is 1. The molecule has 0 N–H and O–H groups in total. The lowest BCUT2D eigenvalue weighted by Gasteiger charge is -2.27. The zero-order valence-electron chi connectivity index (χ0n) is 22.7. The normalized spacial score (nSPS) is 14.5. The Labute approximate surface area is 236 Å². The number of rotatable bonds is 3. The molecule has 0 aromatic heterocycles. The molecule has 36 heavy (non-hydrogen) atoms. The minimum absolute atomic E-state index is 0. The van der Waals surface area contributed by atoms with Crippen LogP contribution in [0.2, 0.25) is 0 Å². The van der Waals surface area contributed by atoms with Crippen LogP contribution in [0.4, 0.5) is 10.5 Å². The van der Waals surface area contributed by atoms with Gasteiger partial charge in [0.25, 0.3) is 0 Å². The van der Waals surface area contributed by atoms with E-state index in [1.165, 1.54) is 31.7 Å². The Morgan fingerprint density at radius 3 is 2.39 bits per heavy atom. The van der Waals surface area contributed by atoms with Gasteiger partial charge in [-0.1, -0.05) is 13.8 Å². The van der Waals surface area contributed by atoms with E-state index in [-0.39, 0.29) is 30.1 Å². The Morgan fingerprint density at radius 2 is 1.75 bits per heavy atom. The summed E-state index contributed by atoms with van der Waals surface area (Å²) in [7, 11) is 4.18. The maximum absolute atomic E-state index is 12.6. The quantitative estimate of drug-likeness (QED) is 0.255. The SMILES string of the molecule is CCc1cc(=[N+](C)C)cc2sc3cc(N4CCCN(C(=O)OC(C)(C)C)CC4)cc(CC)c3nc1-2.[I-]. The first-order chi connectivity index (χ1) is 16.6. The predicted molar refractivity (Wildman–Crippen MR) is 147 cm³/mol. The van der Waals surface area contributed by atoms with Crippen molar-refractivity contribution >= 4 is 33.3 Å². The topological polar surface area (TPSA) is 48.7 Å². The number of fused-ring (bicyclic) bond motifs is 2. The van der Waals surface area contributed by atoms with E-state index in [0.29, 0.717) is 6.54 Å². The van der Waals surface area contributed by atoms with Gasteiger partial charge < -0.3 is 38.5 Å². The van der Waals surface area contributed by atoms with Gasteiger partial charge in [-0.15, -0.1) is 11.3 Å². The summed E-state index contributed by atoms with van der Waals surface area (Å²) in [5.41, 5.74) is 5.57. The number of ether oxygens (including phenoxy) is 1. The van der Waals surface area contributed by atoms with Gasteiger partial charge in [-0.05, 0) is 63.3 Å². The summed E-state index contributed by atoms with van der Waals surface area (Å²) in [4.78, 5) is 23.3. The third kappa shape index (κ3) is 6.30. The van der Waals surface area contributed by atoms with Crippen molar-refractivity contribution in [3.8, 4) is 10.6 Å². The second-order valence-electron chi connectivity index (χ2n) is 10.5. The number of amides is 1. The summed E-state index contributed by atoms with van der Waals surface area (Å²) >= 11 is 1.84. The molecule has 196 valence electrons. The minimum atomic E-state index is -0.474. The van der Waals surface area contributed by atoms with Gasteiger partial charge in [0.2, 0.25) is 5.36 Å². The molecule has 1 aliphatic carbocycles. The summed E-state index contributed by atoms with van der Waals surface area (Å²) in [6.07, 6.45) is 2.60. The second-order valence-corrected chi connectivity index (χ2v) is 11.6. The molecule has 1 saturated heterocycles. The second kappa shape index (κ2) is 11.6. The maximum atomic E-state index is 12.6. The number of aryl methyl sites for hydroxylation is 2. The van der Waals surface area contributed by atoms with Crippen LogP contribution in [-0.2, 0) is 17.6 Å². The number of aromatic nitrogens is 1. The number of hydrogen-bond donors (Lipinski definition) is 0. The van der Waals surface area contributed by atoms with Crippen LogP contribution in [0.5, 0.6) is 0 Å². The van der Waals surface area contributed by atoms with E-state index in [1.807, 2.05) is 37.0 Å². The lowest BCUT2D eigenvalue weighted by molar-refractivity contribution is -0.0000473. The van der Waals surface area contributed by atoms with Gasteiger partial charge in [0.1, 0.15) is 19.7 Å². The van der Waals surface area contributed by atoms with Crippen molar-refractivity contribution in [2.75, 3.05) is 45.2 Å². The number of nitrogens with zero attached hydrogens (tertiary/aromatic N) is 4. The largest absolute Gasteiger partial charge is 1.00 e. The molecule has 2 heterocycles. The van der Waals surface area contributed by atoms with Gasteiger partial charge in [-0.25, -0.2) is 14.4 Å². The molecule has 2 aliphatic heterocycles. The standard InChI is InChI=1S/C28H39N4O2S.HI/c1-8-19-15-21(30(6)7)17-23-25(19)29-26-20(9-2)16-22(18-24(26)35-23)31-11-10-12-32(14-13-31)27(33)34-28(3,4)5;/h15-18H,8-14H2,1-7H3;1H/q+1;/p-1. The highest BCUT2D eigenvalue weighted by molar-refractivity contribution is 7.21. The summed E-state index contributed by atoms with van der Waals surface area (Å²) in [5, 5.41) is 1.22. The third-order valence-electron chi connectivity index (χ3n) is 6.51. The van der Waals surface area contributed by atoms with Crippen LogP contribution in [-0.4, -0.2) is 61.9 Å². The van der Waals surface area contributed by atoms with E-state index in [0.717, 1.165) is 50.1 Å². The lowest BCUT2D eigenvalue weighted by Crippen LogP contribution is -3.00. The first-order valence-electron chi connectivity index (χ1n) is 12.7. The van der Waals surface area contributed by atoms with Gasteiger partial charge in [-0.2, -0.15) is 0 Å². The molecule has 0 spiro atoms. The first-order valence-corrected chi connectivity index (χ1v) is 13.5. The van der Waals surface area contributed by atoms with Crippen LogP contribution in [0.15, 0.2) is 24.3 Å². The zero-order chi connectivity index (χ0) is 25.3. The zero-order valence-corrected chi connectivity index (χ0v) is 25.6. The highest BCUT2D eigenvalue weighted by atomic mass is 127. The van der Waals surface area contributed by atoms with E-state index in [2.05, 4.69) is 61.7 Å². The number of carbonyl (C=O) groups is 1. The van der Waals surface area contributed by atoms with E-state index in [1.54, 1.807) is 0 Å². The predicted octanol–water partition coefficient (Wildman–Crippen LogP) is 2.01. The van der Waals surface area contributed by atoms with Crippen molar-refractivity contribution in [2.24, 2.45) is 0 Å². The summed E-state index contributed by atoms with van der Waals surface area (Å²) in [6.45, 7) is 13.3. The van der Waals surface area contributed by atoms with Crippen LogP contribution in [0.3, 0.4) is 0 Å². The Balaban J connectivity index is 0.00000361. The van der Waals surface area contributed by atoms with Crippen molar-refractivity contribution in [1.29, 1.82) is 0 Å². The average molecular weight is 623 g/mol. The summed E-state index contributed by atoms with van der Waals surface area (Å²) in [5.74, 6) is 0. The molecule has 0 radical (unpaired) electrons. The molecule has 6 nitrogen and oxygen atoms in total. The average Bonchev–Trinajstić information content (AvgIpc) is 3.06. The summed E-state index contributed by atoms with van der Waals surface area (Å²) in [6, 6.07) is 9.12. The van der Waals surface area contributed by atoms with Crippen molar-refractivity contribution < 1.29 is 33.5 Å². The Hall–Kier alpha value is -1.94. The number of hydrogen-bond acceptors (Lipinski definition) is 5. The van der Waals surface area contributed by atoms with Gasteiger partial charge in [-0.3, -0.25) is 0 Å². The van der Waals surface area contributed by atoms with Crippen LogP contribution >= 0.6 is 11.3 Å². The molecule has 0 saturated carbocycles. The smallest absolute Gasteiger partial charge is 0.410 e. The molecular formula is C28H39IN4O2S. The molecule has 0 bridgehead atoms. The van der Waals surface area contributed by atoms with E-state index >= 15 is 0 Å². The highest BCUT2D eigenvalue weighted by Gasteiger charge is 2.25. The number of halogens is 1. The molecule has 8 heteroatoms. The molecule has 0 atom stereocenters. The molecular weight excluding hydrogens is 583 g/mol. The van der Waals surface area contributed by atoms with E-state index < -0.39 is 5.60 Å². The number of carbonyl (C=O) groups excluding carboxylic acids is 1. The van der Waals surface area contributed by atoms with Crippen LogP contribution in [0, 0.1) is 0 Å². The third-order valence-corrected chi connectivity index (χ3v) is 7.57. The molecule has 1 aromatic rings. The molecule has 0 unspecified atom stereocenters.